The summed E-state index contributed by atoms with van der Waals surface area (Å²) in [6.45, 7) is 3.56. The van der Waals surface area contributed by atoms with Gasteiger partial charge in [-0.3, -0.25) is 9.78 Å². The van der Waals surface area contributed by atoms with Crippen molar-refractivity contribution < 1.29 is 9.53 Å². The zero-order valence-corrected chi connectivity index (χ0v) is 17.2. The Labute approximate surface area is 175 Å². The second-order valence-electron chi connectivity index (χ2n) is 7.14. The van der Waals surface area contributed by atoms with Gasteiger partial charge in [0.05, 0.1) is 24.5 Å². The van der Waals surface area contributed by atoms with Crippen LogP contribution in [0.15, 0.2) is 66.9 Å². The third kappa shape index (κ3) is 3.85. The number of H-pyrrole nitrogens is 1. The van der Waals surface area contributed by atoms with E-state index in [1.54, 1.807) is 13.3 Å². The monoisotopic (exact) mass is 400 g/mol. The van der Waals surface area contributed by atoms with Crippen molar-refractivity contribution in [1.29, 1.82) is 0 Å². The number of fused-ring (bicyclic) bond motifs is 1. The molecule has 4 rings (SSSR count). The molecule has 1 atom stereocenters. The van der Waals surface area contributed by atoms with Crippen LogP contribution in [0.25, 0.3) is 10.9 Å². The SMILES string of the molecule is COc1ccccc1NC(c1ccccn1)c1c(C)[nH]c2ccc(NC(C)=O)cc12. The average molecular weight is 400 g/mol. The van der Waals surface area contributed by atoms with Gasteiger partial charge >= 0.3 is 0 Å². The first kappa shape index (κ1) is 19.5. The van der Waals surface area contributed by atoms with Crippen molar-refractivity contribution in [3.05, 3.63) is 83.8 Å². The van der Waals surface area contributed by atoms with Gasteiger partial charge in [0.1, 0.15) is 5.75 Å². The van der Waals surface area contributed by atoms with Crippen molar-refractivity contribution in [2.75, 3.05) is 17.7 Å². The van der Waals surface area contributed by atoms with Crippen LogP contribution in [0.5, 0.6) is 5.75 Å². The third-order valence-electron chi connectivity index (χ3n) is 5.04. The Kier molecular flexibility index (Phi) is 5.39. The molecule has 1 amide bonds. The summed E-state index contributed by atoms with van der Waals surface area (Å²) in [4.78, 5) is 19.6. The van der Waals surface area contributed by atoms with E-state index in [0.717, 1.165) is 45.0 Å². The number of hydrogen-bond acceptors (Lipinski definition) is 4. The van der Waals surface area contributed by atoms with E-state index < -0.39 is 0 Å². The smallest absolute Gasteiger partial charge is 0.221 e. The number of amides is 1. The van der Waals surface area contributed by atoms with Crippen LogP contribution in [0.4, 0.5) is 11.4 Å². The van der Waals surface area contributed by atoms with Gasteiger partial charge in [-0.15, -0.1) is 0 Å². The lowest BCUT2D eigenvalue weighted by atomic mass is 9.98. The summed E-state index contributed by atoms with van der Waals surface area (Å²) in [6.07, 6.45) is 1.79. The Bertz CT molecular complexity index is 1180. The largest absolute Gasteiger partial charge is 0.495 e. The van der Waals surface area contributed by atoms with Crippen molar-refractivity contribution in [1.82, 2.24) is 9.97 Å². The fourth-order valence-electron chi connectivity index (χ4n) is 3.76. The van der Waals surface area contributed by atoms with Crippen LogP contribution in [0.2, 0.25) is 0 Å². The fourth-order valence-corrected chi connectivity index (χ4v) is 3.76. The molecule has 0 aliphatic rings. The van der Waals surface area contributed by atoms with E-state index in [1.165, 1.54) is 6.92 Å². The minimum Gasteiger partial charge on any atom is -0.495 e. The van der Waals surface area contributed by atoms with Crippen LogP contribution in [0, 0.1) is 6.92 Å². The molecule has 0 bridgehead atoms. The zero-order valence-electron chi connectivity index (χ0n) is 17.2. The van der Waals surface area contributed by atoms with Crippen molar-refractivity contribution in [3.63, 3.8) is 0 Å². The standard InChI is InChI=1S/C24H24N4O2/c1-15-23(18-14-17(27-16(2)29)11-12-19(18)26-15)24(21-9-6-7-13-25-21)28-20-8-4-5-10-22(20)30-3/h4-14,24,26,28H,1-3H3,(H,27,29). The predicted molar refractivity (Wildman–Crippen MR) is 120 cm³/mol. The molecule has 0 aliphatic carbocycles. The fraction of sp³-hybridized carbons (Fsp3) is 0.167. The molecular weight excluding hydrogens is 376 g/mol. The van der Waals surface area contributed by atoms with Gasteiger partial charge in [0, 0.05) is 41.0 Å². The van der Waals surface area contributed by atoms with Crippen LogP contribution >= 0.6 is 0 Å². The van der Waals surface area contributed by atoms with Crippen molar-refractivity contribution in [3.8, 4) is 5.75 Å². The number of aromatic nitrogens is 2. The molecular formula is C24H24N4O2. The number of aromatic amines is 1. The zero-order chi connectivity index (χ0) is 21.1. The minimum atomic E-state index is -0.219. The first-order valence-electron chi connectivity index (χ1n) is 9.77. The molecule has 6 heteroatoms. The second kappa shape index (κ2) is 8.29. The molecule has 3 N–H and O–H groups in total. The van der Waals surface area contributed by atoms with Crippen LogP contribution in [0.3, 0.4) is 0 Å². The van der Waals surface area contributed by atoms with Crippen LogP contribution in [-0.2, 0) is 4.79 Å². The number of aryl methyl sites for hydroxylation is 1. The Balaban J connectivity index is 1.87. The minimum absolute atomic E-state index is 0.100. The lowest BCUT2D eigenvalue weighted by molar-refractivity contribution is -0.114. The van der Waals surface area contributed by atoms with Crippen molar-refractivity contribution in [2.45, 2.75) is 19.9 Å². The molecule has 0 saturated heterocycles. The van der Waals surface area contributed by atoms with Gasteiger partial charge in [-0.2, -0.15) is 0 Å². The van der Waals surface area contributed by atoms with Crippen LogP contribution in [0.1, 0.15) is 29.9 Å². The van der Waals surface area contributed by atoms with Gasteiger partial charge in [-0.1, -0.05) is 18.2 Å². The number of ether oxygens (including phenoxy) is 1. The number of para-hydroxylation sites is 2. The molecule has 6 nitrogen and oxygen atoms in total. The summed E-state index contributed by atoms with van der Waals surface area (Å²) in [5.74, 6) is 0.659. The number of methoxy groups -OCH3 is 1. The molecule has 0 spiro atoms. The lowest BCUT2D eigenvalue weighted by Gasteiger charge is -2.22. The predicted octanol–water partition coefficient (Wildman–Crippen LogP) is 5.04. The molecule has 2 heterocycles. The van der Waals surface area contributed by atoms with Crippen LogP contribution < -0.4 is 15.4 Å². The molecule has 2 aromatic heterocycles. The maximum Gasteiger partial charge on any atom is 0.221 e. The molecule has 1 unspecified atom stereocenters. The van der Waals surface area contributed by atoms with Gasteiger partial charge in [0.2, 0.25) is 5.91 Å². The Morgan fingerprint density at radius 2 is 1.90 bits per heavy atom. The topological polar surface area (TPSA) is 79.0 Å². The molecule has 0 saturated carbocycles. The Morgan fingerprint density at radius 3 is 2.63 bits per heavy atom. The summed E-state index contributed by atoms with van der Waals surface area (Å²) >= 11 is 0. The molecule has 30 heavy (non-hydrogen) atoms. The summed E-state index contributed by atoms with van der Waals surface area (Å²) in [6, 6.07) is 19.4. The number of hydrogen-bond donors (Lipinski definition) is 3. The quantitative estimate of drug-likeness (QED) is 0.424. The van der Waals surface area contributed by atoms with Crippen molar-refractivity contribution in [2.24, 2.45) is 0 Å². The number of rotatable bonds is 6. The van der Waals surface area contributed by atoms with E-state index in [1.807, 2.05) is 67.6 Å². The normalized spacial score (nSPS) is 11.8. The molecule has 2 aromatic carbocycles. The van der Waals surface area contributed by atoms with Crippen LogP contribution in [-0.4, -0.2) is 23.0 Å². The van der Waals surface area contributed by atoms with E-state index in [-0.39, 0.29) is 11.9 Å². The highest BCUT2D eigenvalue weighted by atomic mass is 16.5. The number of anilines is 2. The lowest BCUT2D eigenvalue weighted by Crippen LogP contribution is -2.15. The number of nitrogens with zero attached hydrogens (tertiary/aromatic N) is 1. The Hall–Kier alpha value is -3.80. The third-order valence-corrected chi connectivity index (χ3v) is 5.04. The number of carbonyl (C=O) groups excluding carboxylic acids is 1. The number of nitrogens with one attached hydrogen (secondary N) is 3. The molecule has 4 aromatic rings. The molecule has 0 fully saturated rings. The maximum absolute atomic E-state index is 11.6. The highest BCUT2D eigenvalue weighted by Gasteiger charge is 2.23. The van der Waals surface area contributed by atoms with E-state index in [0.29, 0.717) is 0 Å². The highest BCUT2D eigenvalue weighted by Crippen LogP contribution is 2.37. The van der Waals surface area contributed by atoms with Crippen molar-refractivity contribution >= 4 is 28.2 Å². The Morgan fingerprint density at radius 1 is 1.10 bits per heavy atom. The number of pyridine rings is 1. The van der Waals surface area contributed by atoms with Gasteiger partial charge in [0.15, 0.2) is 0 Å². The molecule has 0 radical (unpaired) electrons. The summed E-state index contributed by atoms with van der Waals surface area (Å²) in [5.41, 5.74) is 5.62. The first-order valence-corrected chi connectivity index (χ1v) is 9.77. The maximum atomic E-state index is 11.6. The first-order chi connectivity index (χ1) is 14.6. The molecule has 0 aliphatic heterocycles. The van der Waals surface area contributed by atoms with Gasteiger partial charge < -0.3 is 20.4 Å². The number of carbonyl (C=O) groups is 1. The highest BCUT2D eigenvalue weighted by molar-refractivity contribution is 5.94. The van der Waals surface area contributed by atoms with E-state index in [4.69, 9.17) is 4.74 Å². The molecule has 152 valence electrons. The van der Waals surface area contributed by atoms with E-state index in [2.05, 4.69) is 20.6 Å². The average Bonchev–Trinajstić information content (AvgIpc) is 3.07. The van der Waals surface area contributed by atoms with Gasteiger partial charge in [-0.25, -0.2) is 0 Å². The van der Waals surface area contributed by atoms with Gasteiger partial charge in [-0.05, 0) is 49.4 Å². The van der Waals surface area contributed by atoms with Gasteiger partial charge in [0.25, 0.3) is 0 Å². The summed E-state index contributed by atoms with van der Waals surface area (Å²) in [5, 5.41) is 7.51. The summed E-state index contributed by atoms with van der Waals surface area (Å²) < 4.78 is 5.54. The summed E-state index contributed by atoms with van der Waals surface area (Å²) in [7, 11) is 1.66. The second-order valence-corrected chi connectivity index (χ2v) is 7.14. The number of benzene rings is 2. The van der Waals surface area contributed by atoms with E-state index in [9.17, 15) is 4.79 Å². The van der Waals surface area contributed by atoms with E-state index >= 15 is 0 Å².